The number of hydrogen-bond donors (Lipinski definition) is 1. The van der Waals surface area contributed by atoms with E-state index in [4.69, 9.17) is 9.52 Å². The molecule has 0 amide bonds. The van der Waals surface area contributed by atoms with E-state index in [2.05, 4.69) is 0 Å². The van der Waals surface area contributed by atoms with Crippen molar-refractivity contribution in [2.75, 3.05) is 0 Å². The van der Waals surface area contributed by atoms with Crippen molar-refractivity contribution in [2.24, 2.45) is 0 Å². The molecule has 1 heterocycles. The number of halogens is 1. The molecular weight excluding hydrogens is 231 g/mol. The van der Waals surface area contributed by atoms with Crippen LogP contribution in [0.2, 0.25) is 0 Å². The summed E-state index contributed by atoms with van der Waals surface area (Å²) in [7, 11) is 0. The monoisotopic (exact) mass is 242 g/mol. The van der Waals surface area contributed by atoms with Gasteiger partial charge in [0.15, 0.2) is 0 Å². The van der Waals surface area contributed by atoms with Crippen molar-refractivity contribution in [3.05, 3.63) is 59.9 Å². The van der Waals surface area contributed by atoms with Gasteiger partial charge in [-0.3, -0.25) is 0 Å². The molecule has 2 aromatic carbocycles. The lowest BCUT2D eigenvalue weighted by atomic mass is 10.1. The third-order valence-electron chi connectivity index (χ3n) is 2.90. The molecule has 3 heteroatoms. The van der Waals surface area contributed by atoms with Crippen molar-refractivity contribution in [1.29, 1.82) is 0 Å². The molecule has 0 unspecified atom stereocenters. The van der Waals surface area contributed by atoms with Crippen LogP contribution in [0.1, 0.15) is 5.56 Å². The molecule has 3 aromatic rings. The molecule has 90 valence electrons. The van der Waals surface area contributed by atoms with Gasteiger partial charge in [0.05, 0.1) is 12.2 Å². The molecule has 1 N–H and O–H groups in total. The molecule has 0 aliphatic carbocycles. The molecular formula is C15H11FO2. The maximum Gasteiger partial charge on any atom is 0.138 e. The zero-order valence-corrected chi connectivity index (χ0v) is 9.56. The second-order valence-electron chi connectivity index (χ2n) is 4.12. The van der Waals surface area contributed by atoms with Crippen LogP contribution >= 0.6 is 0 Å². The Hall–Kier alpha value is -2.13. The number of rotatable bonds is 2. The van der Waals surface area contributed by atoms with Crippen LogP contribution in [0.15, 0.2) is 52.9 Å². The topological polar surface area (TPSA) is 33.4 Å². The van der Waals surface area contributed by atoms with E-state index in [1.807, 2.05) is 6.07 Å². The van der Waals surface area contributed by atoms with Gasteiger partial charge in [-0.05, 0) is 35.9 Å². The van der Waals surface area contributed by atoms with Crippen LogP contribution in [0, 0.1) is 5.82 Å². The molecule has 0 aliphatic rings. The number of aliphatic hydroxyl groups excluding tert-OH is 1. The highest BCUT2D eigenvalue weighted by atomic mass is 19.1. The highest BCUT2D eigenvalue weighted by Crippen LogP contribution is 2.29. The summed E-state index contributed by atoms with van der Waals surface area (Å²) in [4.78, 5) is 0. The van der Waals surface area contributed by atoms with E-state index in [9.17, 15) is 4.39 Å². The fourth-order valence-corrected chi connectivity index (χ4v) is 1.98. The average molecular weight is 242 g/mol. The second-order valence-corrected chi connectivity index (χ2v) is 4.12. The van der Waals surface area contributed by atoms with Gasteiger partial charge in [0.1, 0.15) is 17.2 Å². The fraction of sp³-hybridized carbons (Fsp3) is 0.0667. The van der Waals surface area contributed by atoms with Crippen LogP contribution in [0.25, 0.3) is 22.3 Å². The normalized spacial score (nSPS) is 11.0. The van der Waals surface area contributed by atoms with Gasteiger partial charge in [-0.25, -0.2) is 4.39 Å². The van der Waals surface area contributed by atoms with Crippen LogP contribution in [0.4, 0.5) is 4.39 Å². The summed E-state index contributed by atoms with van der Waals surface area (Å²) in [6.07, 6.45) is 0. The minimum Gasteiger partial charge on any atom is -0.456 e. The zero-order chi connectivity index (χ0) is 12.5. The van der Waals surface area contributed by atoms with Crippen molar-refractivity contribution in [1.82, 2.24) is 0 Å². The van der Waals surface area contributed by atoms with E-state index in [0.717, 1.165) is 10.9 Å². The van der Waals surface area contributed by atoms with E-state index >= 15 is 0 Å². The van der Waals surface area contributed by atoms with Crippen molar-refractivity contribution in [3.63, 3.8) is 0 Å². The van der Waals surface area contributed by atoms with E-state index in [0.29, 0.717) is 16.9 Å². The van der Waals surface area contributed by atoms with Gasteiger partial charge in [-0.1, -0.05) is 18.2 Å². The second kappa shape index (κ2) is 4.27. The zero-order valence-electron chi connectivity index (χ0n) is 9.56. The quantitative estimate of drug-likeness (QED) is 0.742. The minimum atomic E-state index is -0.307. The third kappa shape index (κ3) is 1.79. The van der Waals surface area contributed by atoms with Gasteiger partial charge in [-0.2, -0.15) is 0 Å². The first-order valence-electron chi connectivity index (χ1n) is 5.66. The van der Waals surface area contributed by atoms with Gasteiger partial charge < -0.3 is 9.52 Å². The molecule has 2 nitrogen and oxygen atoms in total. The van der Waals surface area contributed by atoms with Crippen molar-refractivity contribution in [2.45, 2.75) is 6.61 Å². The summed E-state index contributed by atoms with van der Waals surface area (Å²) in [6.45, 7) is -0.0177. The lowest BCUT2D eigenvalue weighted by molar-refractivity contribution is 0.282. The van der Waals surface area contributed by atoms with E-state index in [1.54, 1.807) is 36.4 Å². The fourth-order valence-electron chi connectivity index (χ4n) is 1.98. The van der Waals surface area contributed by atoms with Crippen LogP contribution < -0.4 is 0 Å². The third-order valence-corrected chi connectivity index (χ3v) is 2.90. The summed E-state index contributed by atoms with van der Waals surface area (Å²) >= 11 is 0. The Balaban J connectivity index is 2.17. The summed E-state index contributed by atoms with van der Waals surface area (Å²) in [5.41, 5.74) is 1.94. The van der Waals surface area contributed by atoms with Crippen molar-refractivity contribution >= 4 is 11.0 Å². The number of fused-ring (bicyclic) bond motifs is 1. The van der Waals surface area contributed by atoms with E-state index in [-0.39, 0.29) is 12.4 Å². The Bertz CT molecular complexity index is 701. The maximum absolute atomic E-state index is 13.6. The van der Waals surface area contributed by atoms with Crippen LogP contribution in [-0.2, 0) is 6.61 Å². The standard InChI is InChI=1S/C15H11FO2/c16-13-4-2-1-3-12(13)15-8-11-7-10(9-17)5-6-14(11)18-15/h1-8,17H,9H2. The lowest BCUT2D eigenvalue weighted by Gasteiger charge is -1.97. The molecule has 0 saturated heterocycles. The number of benzene rings is 2. The predicted molar refractivity (Wildman–Crippen MR) is 67.5 cm³/mol. The molecule has 0 spiro atoms. The highest BCUT2D eigenvalue weighted by Gasteiger charge is 2.10. The Labute approximate surface area is 103 Å². The smallest absolute Gasteiger partial charge is 0.138 e. The van der Waals surface area contributed by atoms with Gasteiger partial charge in [0, 0.05) is 5.39 Å². The SMILES string of the molecule is OCc1ccc2oc(-c3ccccc3F)cc2c1. The van der Waals surface area contributed by atoms with Crippen molar-refractivity contribution < 1.29 is 13.9 Å². The Morgan fingerprint density at radius 1 is 1.06 bits per heavy atom. The molecule has 0 bridgehead atoms. The number of hydrogen-bond acceptors (Lipinski definition) is 2. The Kier molecular flexibility index (Phi) is 2.61. The largest absolute Gasteiger partial charge is 0.456 e. The van der Waals surface area contributed by atoms with Gasteiger partial charge >= 0.3 is 0 Å². The molecule has 0 aliphatic heterocycles. The van der Waals surface area contributed by atoms with Crippen LogP contribution in [-0.4, -0.2) is 5.11 Å². The predicted octanol–water partition coefficient (Wildman–Crippen LogP) is 3.73. The number of furan rings is 1. The van der Waals surface area contributed by atoms with Gasteiger partial charge in [-0.15, -0.1) is 0 Å². The first kappa shape index (κ1) is 11.0. The maximum atomic E-state index is 13.6. The highest BCUT2D eigenvalue weighted by molar-refractivity contribution is 5.83. The average Bonchev–Trinajstić information content (AvgIpc) is 2.81. The van der Waals surface area contributed by atoms with Gasteiger partial charge in [0.25, 0.3) is 0 Å². The molecule has 3 rings (SSSR count). The molecule has 1 aromatic heterocycles. The van der Waals surface area contributed by atoms with E-state index < -0.39 is 0 Å². The molecule has 0 atom stereocenters. The summed E-state index contributed by atoms with van der Waals surface area (Å²) < 4.78 is 19.3. The van der Waals surface area contributed by atoms with Gasteiger partial charge in [0.2, 0.25) is 0 Å². The minimum absolute atomic E-state index is 0.0177. The summed E-state index contributed by atoms with van der Waals surface area (Å²) in [5, 5.41) is 9.94. The Morgan fingerprint density at radius 3 is 2.67 bits per heavy atom. The molecule has 0 fully saturated rings. The first-order chi connectivity index (χ1) is 8.78. The number of aliphatic hydroxyl groups is 1. The van der Waals surface area contributed by atoms with Crippen LogP contribution in [0.5, 0.6) is 0 Å². The molecule has 0 saturated carbocycles. The Morgan fingerprint density at radius 2 is 1.89 bits per heavy atom. The van der Waals surface area contributed by atoms with Crippen LogP contribution in [0.3, 0.4) is 0 Å². The first-order valence-corrected chi connectivity index (χ1v) is 5.66. The summed E-state index contributed by atoms with van der Waals surface area (Å²) in [5.74, 6) is 0.192. The summed E-state index contributed by atoms with van der Waals surface area (Å²) in [6, 6.07) is 13.7. The molecule has 18 heavy (non-hydrogen) atoms. The van der Waals surface area contributed by atoms with Crippen molar-refractivity contribution in [3.8, 4) is 11.3 Å². The molecule has 0 radical (unpaired) electrons. The van der Waals surface area contributed by atoms with E-state index in [1.165, 1.54) is 6.07 Å². The lowest BCUT2D eigenvalue weighted by Crippen LogP contribution is -1.80.